The molecule has 74 valence electrons. The number of amides is 1. The fourth-order valence-electron chi connectivity index (χ4n) is 1.31. The molecule has 1 N–H and O–H groups in total. The van der Waals surface area contributed by atoms with Crippen molar-refractivity contribution in [1.82, 2.24) is 4.90 Å². The molecule has 13 heavy (non-hydrogen) atoms. The van der Waals surface area contributed by atoms with Gasteiger partial charge in [0.25, 0.3) is 0 Å². The first-order valence-corrected chi connectivity index (χ1v) is 5.42. The number of carbonyl (C=O) groups excluding carboxylic acids is 1. The number of carboxylic acid groups (broad SMARTS) is 1. The first kappa shape index (κ1) is 10.4. The zero-order valence-corrected chi connectivity index (χ0v) is 8.34. The Bertz CT molecular complexity index is 219. The Morgan fingerprint density at radius 3 is 2.85 bits per heavy atom. The van der Waals surface area contributed by atoms with Crippen LogP contribution in [0.4, 0.5) is 0 Å². The summed E-state index contributed by atoms with van der Waals surface area (Å²) in [4.78, 5) is 23.6. The van der Waals surface area contributed by atoms with Gasteiger partial charge in [0.15, 0.2) is 0 Å². The first-order valence-electron chi connectivity index (χ1n) is 4.26. The molecule has 4 nitrogen and oxygen atoms in total. The quantitative estimate of drug-likeness (QED) is 0.707. The van der Waals surface area contributed by atoms with Gasteiger partial charge in [0.1, 0.15) is 6.04 Å². The molecule has 0 bridgehead atoms. The molecule has 0 aliphatic carbocycles. The van der Waals surface area contributed by atoms with E-state index in [-0.39, 0.29) is 5.91 Å². The van der Waals surface area contributed by atoms with Gasteiger partial charge in [0, 0.05) is 24.5 Å². The summed E-state index contributed by atoms with van der Waals surface area (Å²) in [6.45, 7) is 2.32. The van der Waals surface area contributed by atoms with Crippen molar-refractivity contribution < 1.29 is 14.7 Å². The van der Waals surface area contributed by atoms with E-state index in [1.165, 1.54) is 4.90 Å². The molecule has 1 fully saturated rings. The molecule has 0 aromatic carbocycles. The van der Waals surface area contributed by atoms with Crippen molar-refractivity contribution >= 4 is 23.6 Å². The summed E-state index contributed by atoms with van der Waals surface area (Å²) >= 11 is 1.59. The predicted octanol–water partition coefficient (Wildman–Crippen LogP) is 0.425. The van der Waals surface area contributed by atoms with Gasteiger partial charge in [-0.1, -0.05) is 6.92 Å². The van der Waals surface area contributed by atoms with Crippen molar-refractivity contribution in [2.24, 2.45) is 0 Å². The highest BCUT2D eigenvalue weighted by molar-refractivity contribution is 7.99. The topological polar surface area (TPSA) is 57.6 Å². The lowest BCUT2D eigenvalue weighted by Crippen LogP contribution is -2.50. The van der Waals surface area contributed by atoms with Gasteiger partial charge < -0.3 is 10.0 Å². The van der Waals surface area contributed by atoms with Gasteiger partial charge in [-0.15, -0.1) is 0 Å². The molecule has 0 aromatic heterocycles. The third kappa shape index (κ3) is 2.37. The normalized spacial score (nSPS) is 22.8. The maximum atomic E-state index is 11.3. The van der Waals surface area contributed by atoms with E-state index in [0.29, 0.717) is 18.7 Å². The molecule has 1 saturated heterocycles. The van der Waals surface area contributed by atoms with Gasteiger partial charge in [0.05, 0.1) is 0 Å². The SMILES string of the molecule is CCC(=O)N1CCSCC1C(=O)O. The Morgan fingerprint density at radius 1 is 1.62 bits per heavy atom. The number of carboxylic acids is 1. The second kappa shape index (κ2) is 4.50. The number of thioether (sulfide) groups is 1. The summed E-state index contributed by atoms with van der Waals surface area (Å²) in [5.74, 6) is 0.401. The van der Waals surface area contributed by atoms with E-state index >= 15 is 0 Å². The zero-order valence-electron chi connectivity index (χ0n) is 7.52. The Balaban J connectivity index is 2.67. The second-order valence-corrected chi connectivity index (χ2v) is 4.02. The van der Waals surface area contributed by atoms with Gasteiger partial charge in [-0.05, 0) is 0 Å². The van der Waals surface area contributed by atoms with E-state index in [9.17, 15) is 9.59 Å². The summed E-state index contributed by atoms with van der Waals surface area (Å²) in [5.41, 5.74) is 0. The molecule has 0 radical (unpaired) electrons. The van der Waals surface area contributed by atoms with Crippen molar-refractivity contribution in [3.63, 3.8) is 0 Å². The van der Waals surface area contributed by atoms with Crippen molar-refractivity contribution in [2.75, 3.05) is 18.1 Å². The molecule has 0 aromatic rings. The van der Waals surface area contributed by atoms with Crippen LogP contribution < -0.4 is 0 Å². The molecular formula is C8H13NO3S. The minimum absolute atomic E-state index is 0.0623. The van der Waals surface area contributed by atoms with E-state index in [4.69, 9.17) is 5.11 Å². The van der Waals surface area contributed by atoms with Crippen LogP contribution in [0.3, 0.4) is 0 Å². The summed E-state index contributed by atoms with van der Waals surface area (Å²) in [6.07, 6.45) is 0.383. The average Bonchev–Trinajstić information content (AvgIpc) is 2.16. The minimum Gasteiger partial charge on any atom is -0.480 e. The summed E-state index contributed by atoms with van der Waals surface area (Å²) in [6, 6.07) is -0.619. The lowest BCUT2D eigenvalue weighted by molar-refractivity contribution is -0.149. The van der Waals surface area contributed by atoms with Crippen LogP contribution in [0.25, 0.3) is 0 Å². The summed E-state index contributed by atoms with van der Waals surface area (Å²) in [5, 5.41) is 8.85. The zero-order chi connectivity index (χ0) is 9.84. The van der Waals surface area contributed by atoms with E-state index in [1.807, 2.05) is 0 Å². The Labute approximate surface area is 81.3 Å². The third-order valence-electron chi connectivity index (χ3n) is 2.04. The van der Waals surface area contributed by atoms with Crippen LogP contribution in [0.5, 0.6) is 0 Å². The third-order valence-corrected chi connectivity index (χ3v) is 3.06. The number of carbonyl (C=O) groups is 2. The standard InChI is InChI=1S/C8H13NO3S/c1-2-7(10)9-3-4-13-5-6(9)8(11)12/h6H,2-5H2,1H3,(H,11,12). The Morgan fingerprint density at radius 2 is 2.31 bits per heavy atom. The number of hydrogen-bond acceptors (Lipinski definition) is 3. The summed E-state index contributed by atoms with van der Waals surface area (Å²) in [7, 11) is 0. The monoisotopic (exact) mass is 203 g/mol. The molecule has 1 aliphatic heterocycles. The molecule has 0 saturated carbocycles. The molecule has 1 unspecified atom stereocenters. The van der Waals surface area contributed by atoms with Crippen LogP contribution in [0, 0.1) is 0 Å². The van der Waals surface area contributed by atoms with E-state index < -0.39 is 12.0 Å². The van der Waals surface area contributed by atoms with Crippen LogP contribution >= 0.6 is 11.8 Å². The summed E-state index contributed by atoms with van der Waals surface area (Å²) < 4.78 is 0. The van der Waals surface area contributed by atoms with E-state index in [2.05, 4.69) is 0 Å². The number of rotatable bonds is 2. The predicted molar refractivity (Wildman–Crippen MR) is 50.8 cm³/mol. The Hall–Kier alpha value is -0.710. The van der Waals surface area contributed by atoms with Crippen molar-refractivity contribution in [2.45, 2.75) is 19.4 Å². The molecule has 1 aliphatic rings. The highest BCUT2D eigenvalue weighted by Gasteiger charge is 2.31. The Kier molecular flexibility index (Phi) is 3.59. The molecule has 1 atom stereocenters. The maximum absolute atomic E-state index is 11.3. The molecular weight excluding hydrogens is 190 g/mol. The maximum Gasteiger partial charge on any atom is 0.327 e. The van der Waals surface area contributed by atoms with Gasteiger partial charge in [-0.25, -0.2) is 4.79 Å². The molecule has 1 heterocycles. The second-order valence-electron chi connectivity index (χ2n) is 2.87. The molecule has 5 heteroatoms. The first-order chi connectivity index (χ1) is 6.16. The van der Waals surface area contributed by atoms with Gasteiger partial charge in [-0.2, -0.15) is 11.8 Å². The van der Waals surface area contributed by atoms with Crippen LogP contribution in [-0.4, -0.2) is 46.0 Å². The van der Waals surface area contributed by atoms with Crippen molar-refractivity contribution in [3.05, 3.63) is 0 Å². The largest absolute Gasteiger partial charge is 0.480 e. The fraction of sp³-hybridized carbons (Fsp3) is 0.750. The smallest absolute Gasteiger partial charge is 0.327 e. The molecule has 0 spiro atoms. The van der Waals surface area contributed by atoms with Crippen LogP contribution in [0.2, 0.25) is 0 Å². The molecule has 1 amide bonds. The number of nitrogens with zero attached hydrogens (tertiary/aromatic N) is 1. The van der Waals surface area contributed by atoms with Gasteiger partial charge in [0.2, 0.25) is 5.91 Å². The lowest BCUT2D eigenvalue weighted by atomic mass is 10.2. The van der Waals surface area contributed by atoms with Crippen LogP contribution in [0.15, 0.2) is 0 Å². The number of aliphatic carboxylic acids is 1. The molecule has 1 rings (SSSR count). The number of hydrogen-bond donors (Lipinski definition) is 1. The highest BCUT2D eigenvalue weighted by atomic mass is 32.2. The van der Waals surface area contributed by atoms with Crippen LogP contribution in [-0.2, 0) is 9.59 Å². The van der Waals surface area contributed by atoms with E-state index in [1.54, 1.807) is 18.7 Å². The lowest BCUT2D eigenvalue weighted by Gasteiger charge is -2.32. The van der Waals surface area contributed by atoms with Crippen LogP contribution in [0.1, 0.15) is 13.3 Å². The highest BCUT2D eigenvalue weighted by Crippen LogP contribution is 2.17. The fourth-order valence-corrected chi connectivity index (χ4v) is 2.35. The van der Waals surface area contributed by atoms with Gasteiger partial charge in [-0.3, -0.25) is 4.79 Å². The average molecular weight is 203 g/mol. The van der Waals surface area contributed by atoms with Crippen molar-refractivity contribution in [3.8, 4) is 0 Å². The van der Waals surface area contributed by atoms with E-state index in [0.717, 1.165) is 5.75 Å². The van der Waals surface area contributed by atoms with Crippen molar-refractivity contribution in [1.29, 1.82) is 0 Å². The van der Waals surface area contributed by atoms with Gasteiger partial charge >= 0.3 is 5.97 Å². The minimum atomic E-state index is -0.894.